The molecule has 25 heavy (non-hydrogen) atoms. The van der Waals surface area contributed by atoms with Gasteiger partial charge in [-0.1, -0.05) is 30.3 Å². The van der Waals surface area contributed by atoms with Crippen molar-refractivity contribution in [2.24, 2.45) is 0 Å². The summed E-state index contributed by atoms with van der Waals surface area (Å²) >= 11 is 1.67. The van der Waals surface area contributed by atoms with Crippen LogP contribution in [0, 0.1) is 13.8 Å². The molecule has 0 unspecified atom stereocenters. The Morgan fingerprint density at radius 1 is 1.20 bits per heavy atom. The first-order valence-corrected chi connectivity index (χ1v) is 9.26. The molecule has 0 fully saturated rings. The molecule has 2 amide bonds. The third kappa shape index (κ3) is 6.31. The van der Waals surface area contributed by atoms with Crippen molar-refractivity contribution >= 4 is 23.2 Å². The second-order valence-electron chi connectivity index (χ2n) is 6.02. The average molecular weight is 359 g/mol. The van der Waals surface area contributed by atoms with Crippen molar-refractivity contribution in [3.8, 4) is 0 Å². The van der Waals surface area contributed by atoms with E-state index in [1.54, 1.807) is 16.2 Å². The van der Waals surface area contributed by atoms with Gasteiger partial charge in [0.2, 0.25) is 11.8 Å². The van der Waals surface area contributed by atoms with Gasteiger partial charge in [-0.05, 0) is 19.4 Å². The number of nitrogens with zero attached hydrogens (tertiary/aromatic N) is 2. The van der Waals surface area contributed by atoms with Crippen LogP contribution in [0.15, 0.2) is 30.3 Å². The van der Waals surface area contributed by atoms with Crippen LogP contribution in [0.4, 0.5) is 0 Å². The summed E-state index contributed by atoms with van der Waals surface area (Å²) < 4.78 is 0. The van der Waals surface area contributed by atoms with E-state index in [1.807, 2.05) is 44.2 Å². The zero-order valence-electron chi connectivity index (χ0n) is 15.0. The van der Waals surface area contributed by atoms with Crippen LogP contribution in [0.5, 0.6) is 0 Å². The summed E-state index contributed by atoms with van der Waals surface area (Å²) in [6.45, 7) is 7.07. The maximum atomic E-state index is 12.0. The first-order chi connectivity index (χ1) is 12.0. The van der Waals surface area contributed by atoms with E-state index in [1.165, 1.54) is 11.8 Å². The lowest BCUT2D eigenvalue weighted by Crippen LogP contribution is -2.34. The van der Waals surface area contributed by atoms with Crippen molar-refractivity contribution in [3.05, 3.63) is 51.5 Å². The molecular formula is C19H25N3O2S. The highest BCUT2D eigenvalue weighted by atomic mass is 32.1. The summed E-state index contributed by atoms with van der Waals surface area (Å²) in [6, 6.07) is 9.80. The van der Waals surface area contributed by atoms with Crippen LogP contribution < -0.4 is 5.32 Å². The molecule has 134 valence electrons. The Morgan fingerprint density at radius 2 is 1.92 bits per heavy atom. The Hall–Kier alpha value is -2.21. The number of carbonyl (C=O) groups is 2. The second kappa shape index (κ2) is 9.32. The van der Waals surface area contributed by atoms with E-state index < -0.39 is 0 Å². The summed E-state index contributed by atoms with van der Waals surface area (Å²) in [5, 5.41) is 3.98. The maximum Gasteiger partial charge on any atom is 0.221 e. The van der Waals surface area contributed by atoms with Gasteiger partial charge >= 0.3 is 0 Å². The first-order valence-electron chi connectivity index (χ1n) is 8.44. The fourth-order valence-corrected chi connectivity index (χ4v) is 3.53. The van der Waals surface area contributed by atoms with E-state index in [0.29, 0.717) is 26.1 Å². The lowest BCUT2D eigenvalue weighted by molar-refractivity contribution is -0.130. The summed E-state index contributed by atoms with van der Waals surface area (Å²) in [7, 11) is 0. The van der Waals surface area contributed by atoms with E-state index in [2.05, 4.69) is 10.3 Å². The van der Waals surface area contributed by atoms with Crippen molar-refractivity contribution in [2.75, 3.05) is 13.1 Å². The van der Waals surface area contributed by atoms with Crippen molar-refractivity contribution in [1.82, 2.24) is 15.2 Å². The van der Waals surface area contributed by atoms with Crippen LogP contribution in [0.3, 0.4) is 0 Å². The van der Waals surface area contributed by atoms with Gasteiger partial charge in [0.05, 0.1) is 10.7 Å². The normalized spacial score (nSPS) is 10.5. The lowest BCUT2D eigenvalue weighted by atomic mass is 10.2. The molecule has 2 aromatic rings. The molecule has 0 bridgehead atoms. The Bertz CT molecular complexity index is 713. The van der Waals surface area contributed by atoms with Gasteiger partial charge in [-0.3, -0.25) is 9.59 Å². The molecule has 2 rings (SSSR count). The minimum absolute atomic E-state index is 0.0209. The van der Waals surface area contributed by atoms with Crippen LogP contribution in [0.2, 0.25) is 0 Å². The predicted molar refractivity (Wildman–Crippen MR) is 100 cm³/mol. The molecule has 0 aliphatic carbocycles. The number of rotatable bonds is 8. The number of hydrogen-bond donors (Lipinski definition) is 1. The number of aryl methyl sites for hydroxylation is 2. The Morgan fingerprint density at radius 3 is 2.52 bits per heavy atom. The molecule has 1 heterocycles. The topological polar surface area (TPSA) is 62.3 Å². The van der Waals surface area contributed by atoms with Gasteiger partial charge in [0, 0.05) is 44.3 Å². The van der Waals surface area contributed by atoms with Gasteiger partial charge < -0.3 is 10.2 Å². The molecule has 0 spiro atoms. The molecule has 0 aliphatic rings. The van der Waals surface area contributed by atoms with E-state index >= 15 is 0 Å². The van der Waals surface area contributed by atoms with Crippen LogP contribution in [0.25, 0.3) is 0 Å². The number of hydrogen-bond acceptors (Lipinski definition) is 4. The highest BCUT2D eigenvalue weighted by Gasteiger charge is 2.12. The summed E-state index contributed by atoms with van der Waals surface area (Å²) in [5.74, 6) is -0.0504. The van der Waals surface area contributed by atoms with Crippen LogP contribution in [-0.2, 0) is 22.6 Å². The monoisotopic (exact) mass is 359 g/mol. The predicted octanol–water partition coefficient (Wildman–Crippen LogP) is 2.86. The number of nitrogens with one attached hydrogen (secondary N) is 1. The molecule has 5 nitrogen and oxygen atoms in total. The minimum atomic E-state index is -0.0294. The third-order valence-electron chi connectivity index (χ3n) is 3.94. The maximum absolute atomic E-state index is 12.0. The average Bonchev–Trinajstić information content (AvgIpc) is 2.89. The molecule has 0 saturated heterocycles. The molecule has 1 aromatic heterocycles. The van der Waals surface area contributed by atoms with Gasteiger partial charge in [-0.15, -0.1) is 11.3 Å². The van der Waals surface area contributed by atoms with Crippen molar-refractivity contribution in [3.63, 3.8) is 0 Å². The van der Waals surface area contributed by atoms with E-state index in [9.17, 15) is 9.59 Å². The Balaban J connectivity index is 1.75. The Kier molecular flexibility index (Phi) is 7.13. The molecule has 0 saturated carbocycles. The number of benzene rings is 1. The van der Waals surface area contributed by atoms with Gasteiger partial charge in [0.25, 0.3) is 0 Å². The fraction of sp³-hybridized carbons (Fsp3) is 0.421. The van der Waals surface area contributed by atoms with Crippen molar-refractivity contribution < 1.29 is 9.59 Å². The van der Waals surface area contributed by atoms with Crippen LogP contribution in [0.1, 0.15) is 34.5 Å². The third-order valence-corrected chi connectivity index (χ3v) is 5.08. The quantitative estimate of drug-likeness (QED) is 0.788. The van der Waals surface area contributed by atoms with E-state index in [-0.39, 0.29) is 11.8 Å². The van der Waals surface area contributed by atoms with Crippen molar-refractivity contribution in [1.29, 1.82) is 0 Å². The minimum Gasteiger partial charge on any atom is -0.356 e. The second-order valence-corrected chi connectivity index (χ2v) is 7.31. The zero-order chi connectivity index (χ0) is 18.2. The number of thiazole rings is 1. The van der Waals surface area contributed by atoms with Crippen LogP contribution in [-0.4, -0.2) is 34.8 Å². The first kappa shape index (κ1) is 19.1. The molecular weight excluding hydrogens is 334 g/mol. The standard InChI is InChI=1S/C19H25N3O2S/c1-14-18(25-15(2)21-14)9-11-20-19(24)10-12-22(16(3)23)13-17-7-5-4-6-8-17/h4-8H,9-13H2,1-3H3,(H,20,24). The van der Waals surface area contributed by atoms with E-state index in [4.69, 9.17) is 0 Å². The van der Waals surface area contributed by atoms with Crippen LogP contribution >= 0.6 is 11.3 Å². The fourth-order valence-electron chi connectivity index (χ4n) is 2.60. The zero-order valence-corrected chi connectivity index (χ0v) is 15.9. The van der Waals surface area contributed by atoms with Gasteiger partial charge in [-0.2, -0.15) is 0 Å². The summed E-state index contributed by atoms with van der Waals surface area (Å²) in [5.41, 5.74) is 2.11. The van der Waals surface area contributed by atoms with Gasteiger partial charge in [-0.25, -0.2) is 4.98 Å². The SMILES string of the molecule is CC(=O)N(CCC(=O)NCCc1sc(C)nc1C)Cc1ccccc1. The highest BCUT2D eigenvalue weighted by Crippen LogP contribution is 2.17. The molecule has 0 radical (unpaired) electrons. The lowest BCUT2D eigenvalue weighted by Gasteiger charge is -2.21. The molecule has 0 atom stereocenters. The smallest absolute Gasteiger partial charge is 0.221 e. The van der Waals surface area contributed by atoms with Gasteiger partial charge in [0.15, 0.2) is 0 Å². The number of aromatic nitrogens is 1. The number of amides is 2. The Labute approximate surface area is 153 Å². The summed E-state index contributed by atoms with van der Waals surface area (Å²) in [4.78, 5) is 31.1. The van der Waals surface area contributed by atoms with Gasteiger partial charge in [0.1, 0.15) is 0 Å². The number of carbonyl (C=O) groups excluding carboxylic acids is 2. The molecule has 6 heteroatoms. The highest BCUT2D eigenvalue weighted by molar-refractivity contribution is 7.11. The van der Waals surface area contributed by atoms with Crippen molar-refractivity contribution in [2.45, 2.75) is 40.2 Å². The molecule has 1 N–H and O–H groups in total. The molecule has 0 aliphatic heterocycles. The summed E-state index contributed by atoms with van der Waals surface area (Å²) in [6.07, 6.45) is 1.11. The largest absolute Gasteiger partial charge is 0.356 e. The molecule has 1 aromatic carbocycles. The van der Waals surface area contributed by atoms with E-state index in [0.717, 1.165) is 22.7 Å².